The van der Waals surface area contributed by atoms with Gasteiger partial charge in [-0.25, -0.2) is 0 Å². The van der Waals surface area contributed by atoms with Crippen molar-refractivity contribution in [3.05, 3.63) is 53.2 Å². The van der Waals surface area contributed by atoms with Crippen LogP contribution in [-0.2, 0) is 7.05 Å². The van der Waals surface area contributed by atoms with Crippen LogP contribution < -0.4 is 11.1 Å². The smallest absolute Gasteiger partial charge is 0.257 e. The number of rotatable bonds is 2. The molecule has 21 heavy (non-hydrogen) atoms. The van der Waals surface area contributed by atoms with Crippen molar-refractivity contribution in [2.75, 3.05) is 11.1 Å². The fraction of sp³-hybridized carbons (Fsp3) is 0.0667. The lowest BCUT2D eigenvalue weighted by atomic mass is 10.1. The molecular formula is C15H13ClN4O. The number of halogens is 1. The number of hydrogen-bond acceptors (Lipinski definition) is 3. The van der Waals surface area contributed by atoms with Crippen LogP contribution in [0.3, 0.4) is 0 Å². The van der Waals surface area contributed by atoms with E-state index in [0.29, 0.717) is 22.0 Å². The van der Waals surface area contributed by atoms with Crippen LogP contribution in [0.1, 0.15) is 10.4 Å². The number of aromatic nitrogens is 2. The van der Waals surface area contributed by atoms with E-state index in [9.17, 15) is 4.79 Å². The van der Waals surface area contributed by atoms with Gasteiger partial charge in [-0.1, -0.05) is 29.8 Å². The summed E-state index contributed by atoms with van der Waals surface area (Å²) in [7, 11) is 1.80. The number of nitrogens with two attached hydrogens (primary N) is 1. The topological polar surface area (TPSA) is 72.9 Å². The molecule has 2 aromatic carbocycles. The fourth-order valence-electron chi connectivity index (χ4n) is 2.25. The first-order valence-corrected chi connectivity index (χ1v) is 6.72. The molecule has 1 heterocycles. The van der Waals surface area contributed by atoms with Gasteiger partial charge in [0.25, 0.3) is 5.91 Å². The molecule has 3 aromatic rings. The van der Waals surface area contributed by atoms with Gasteiger partial charge >= 0.3 is 0 Å². The van der Waals surface area contributed by atoms with Crippen LogP contribution >= 0.6 is 11.6 Å². The van der Waals surface area contributed by atoms with Gasteiger partial charge in [-0.15, -0.1) is 0 Å². The number of anilines is 2. The molecule has 0 aliphatic rings. The average molecular weight is 301 g/mol. The second kappa shape index (κ2) is 5.10. The average Bonchev–Trinajstić information content (AvgIpc) is 2.85. The van der Waals surface area contributed by atoms with Crippen molar-refractivity contribution >= 4 is 39.8 Å². The summed E-state index contributed by atoms with van der Waals surface area (Å²) in [6, 6.07) is 10.6. The second-order valence-corrected chi connectivity index (χ2v) is 5.05. The largest absolute Gasteiger partial charge is 0.397 e. The van der Waals surface area contributed by atoms with Crippen LogP contribution in [0, 0.1) is 0 Å². The number of nitrogens with zero attached hydrogens (tertiary/aromatic N) is 2. The first kappa shape index (κ1) is 13.5. The zero-order valence-corrected chi connectivity index (χ0v) is 12.1. The minimum absolute atomic E-state index is 0.253. The van der Waals surface area contributed by atoms with E-state index in [0.717, 1.165) is 10.9 Å². The van der Waals surface area contributed by atoms with E-state index in [4.69, 9.17) is 17.3 Å². The van der Waals surface area contributed by atoms with E-state index in [1.165, 1.54) is 0 Å². The van der Waals surface area contributed by atoms with Crippen molar-refractivity contribution < 1.29 is 4.79 Å². The van der Waals surface area contributed by atoms with Crippen LogP contribution in [0.5, 0.6) is 0 Å². The van der Waals surface area contributed by atoms with Crippen LogP contribution in [0.25, 0.3) is 10.9 Å². The molecule has 0 atom stereocenters. The van der Waals surface area contributed by atoms with Crippen molar-refractivity contribution in [1.82, 2.24) is 9.78 Å². The highest BCUT2D eigenvalue weighted by atomic mass is 35.5. The maximum atomic E-state index is 12.5. The van der Waals surface area contributed by atoms with Gasteiger partial charge in [-0.05, 0) is 18.2 Å². The van der Waals surface area contributed by atoms with Crippen molar-refractivity contribution in [3.63, 3.8) is 0 Å². The third-order valence-corrected chi connectivity index (χ3v) is 3.70. The highest BCUT2D eigenvalue weighted by molar-refractivity contribution is 6.36. The maximum Gasteiger partial charge on any atom is 0.257 e. The summed E-state index contributed by atoms with van der Waals surface area (Å²) in [5.74, 6) is -0.253. The Labute approximate surface area is 126 Å². The first-order chi connectivity index (χ1) is 10.1. The number of carbonyl (C=O) groups excluding carboxylic acids is 1. The lowest BCUT2D eigenvalue weighted by Crippen LogP contribution is -2.14. The Hall–Kier alpha value is -2.53. The lowest BCUT2D eigenvalue weighted by molar-refractivity contribution is 0.102. The van der Waals surface area contributed by atoms with Gasteiger partial charge in [0.1, 0.15) is 0 Å². The zero-order chi connectivity index (χ0) is 15.0. The molecule has 0 aliphatic carbocycles. The standard InChI is InChI=1S/C15H13ClN4O/c1-20-14-9(8-18-20)4-2-5-10(14)15(21)19-12-7-3-6-11(17)13(12)16/h2-8H,17H2,1H3,(H,19,21). The Kier molecular flexibility index (Phi) is 3.27. The molecule has 0 unspecified atom stereocenters. The maximum absolute atomic E-state index is 12.5. The number of nitrogen functional groups attached to an aromatic ring is 1. The van der Waals surface area contributed by atoms with Gasteiger partial charge in [0, 0.05) is 12.4 Å². The van der Waals surface area contributed by atoms with E-state index in [1.807, 2.05) is 12.1 Å². The molecule has 0 spiro atoms. The van der Waals surface area contributed by atoms with E-state index in [2.05, 4.69) is 10.4 Å². The molecule has 0 fully saturated rings. The Morgan fingerprint density at radius 2 is 2.05 bits per heavy atom. The Bertz CT molecular complexity index is 841. The minimum Gasteiger partial charge on any atom is -0.397 e. The highest BCUT2D eigenvalue weighted by Gasteiger charge is 2.14. The molecule has 0 bridgehead atoms. The van der Waals surface area contributed by atoms with Gasteiger partial charge in [0.2, 0.25) is 0 Å². The van der Waals surface area contributed by atoms with Crippen molar-refractivity contribution in [2.45, 2.75) is 0 Å². The second-order valence-electron chi connectivity index (χ2n) is 4.67. The van der Waals surface area contributed by atoms with Gasteiger partial charge < -0.3 is 11.1 Å². The van der Waals surface area contributed by atoms with Crippen molar-refractivity contribution in [2.24, 2.45) is 7.05 Å². The van der Waals surface area contributed by atoms with Gasteiger partial charge in [-0.2, -0.15) is 5.10 Å². The Balaban J connectivity index is 2.01. The molecule has 0 aliphatic heterocycles. The number of aryl methyl sites for hydroxylation is 1. The lowest BCUT2D eigenvalue weighted by Gasteiger charge is -2.10. The molecule has 0 saturated carbocycles. The zero-order valence-electron chi connectivity index (χ0n) is 11.3. The van der Waals surface area contributed by atoms with Gasteiger partial charge in [0.05, 0.1) is 33.7 Å². The molecule has 1 amide bonds. The fourth-order valence-corrected chi connectivity index (χ4v) is 2.43. The number of para-hydroxylation sites is 1. The predicted octanol–water partition coefficient (Wildman–Crippen LogP) is 3.06. The third-order valence-electron chi connectivity index (χ3n) is 3.28. The van der Waals surface area contributed by atoms with E-state index < -0.39 is 0 Å². The molecule has 6 heteroatoms. The third kappa shape index (κ3) is 2.32. The van der Waals surface area contributed by atoms with Crippen LogP contribution in [-0.4, -0.2) is 15.7 Å². The number of amides is 1. The molecule has 3 N–H and O–H groups in total. The summed E-state index contributed by atoms with van der Waals surface area (Å²) in [4.78, 5) is 12.5. The number of nitrogens with one attached hydrogen (secondary N) is 1. The summed E-state index contributed by atoms with van der Waals surface area (Å²) in [5, 5.41) is 8.20. The summed E-state index contributed by atoms with van der Waals surface area (Å²) < 4.78 is 1.67. The van der Waals surface area contributed by atoms with E-state index in [-0.39, 0.29) is 5.91 Å². The monoisotopic (exact) mass is 300 g/mol. The van der Waals surface area contributed by atoms with Gasteiger partial charge in [0.15, 0.2) is 0 Å². The number of carbonyl (C=O) groups is 1. The Morgan fingerprint density at radius 1 is 1.29 bits per heavy atom. The Morgan fingerprint density at radius 3 is 2.86 bits per heavy atom. The molecule has 0 radical (unpaired) electrons. The molecule has 106 valence electrons. The van der Waals surface area contributed by atoms with E-state index >= 15 is 0 Å². The van der Waals surface area contributed by atoms with Crippen LogP contribution in [0.15, 0.2) is 42.6 Å². The summed E-state index contributed by atoms with van der Waals surface area (Å²) in [6.07, 6.45) is 1.72. The summed E-state index contributed by atoms with van der Waals surface area (Å²) in [6.45, 7) is 0. The molecule has 1 aromatic heterocycles. The molecule has 0 saturated heterocycles. The number of fused-ring (bicyclic) bond motifs is 1. The first-order valence-electron chi connectivity index (χ1n) is 6.34. The summed E-state index contributed by atoms with van der Waals surface area (Å²) >= 11 is 6.10. The van der Waals surface area contributed by atoms with E-state index in [1.54, 1.807) is 42.2 Å². The van der Waals surface area contributed by atoms with Gasteiger partial charge in [-0.3, -0.25) is 9.48 Å². The SMILES string of the molecule is Cn1ncc2cccc(C(=O)Nc3cccc(N)c3Cl)c21. The molecular weight excluding hydrogens is 288 g/mol. The highest BCUT2D eigenvalue weighted by Crippen LogP contribution is 2.28. The van der Waals surface area contributed by atoms with Crippen molar-refractivity contribution in [1.29, 1.82) is 0 Å². The predicted molar refractivity (Wildman–Crippen MR) is 84.5 cm³/mol. The molecule has 5 nitrogen and oxygen atoms in total. The molecule has 3 rings (SSSR count). The quantitative estimate of drug-likeness (QED) is 0.714. The van der Waals surface area contributed by atoms with Crippen LogP contribution in [0.4, 0.5) is 11.4 Å². The summed E-state index contributed by atoms with van der Waals surface area (Å²) in [5.41, 5.74) is 7.95. The number of benzene rings is 2. The normalized spacial score (nSPS) is 10.8. The number of hydrogen-bond donors (Lipinski definition) is 2. The van der Waals surface area contributed by atoms with Crippen molar-refractivity contribution in [3.8, 4) is 0 Å². The van der Waals surface area contributed by atoms with Crippen LogP contribution in [0.2, 0.25) is 5.02 Å². The minimum atomic E-state index is -0.253.